The molecule has 0 spiro atoms. The third-order valence-electron chi connectivity index (χ3n) is 4.54. The molecule has 8 heteroatoms. The van der Waals surface area contributed by atoms with Crippen LogP contribution in [0.3, 0.4) is 0 Å². The molecule has 1 aliphatic heterocycles. The Morgan fingerprint density at radius 2 is 1.86 bits per heavy atom. The summed E-state index contributed by atoms with van der Waals surface area (Å²) in [5, 5.41) is 9.09. The predicted octanol–water partition coefficient (Wildman–Crippen LogP) is 7.11. The summed E-state index contributed by atoms with van der Waals surface area (Å²) in [5.41, 5.74) is 1.81. The van der Waals surface area contributed by atoms with Gasteiger partial charge in [-0.05, 0) is 47.1 Å². The van der Waals surface area contributed by atoms with Gasteiger partial charge in [-0.25, -0.2) is 9.52 Å². The molecule has 1 aliphatic rings. The van der Waals surface area contributed by atoms with Gasteiger partial charge in [-0.15, -0.1) is 0 Å². The van der Waals surface area contributed by atoms with Gasteiger partial charge in [0.1, 0.15) is 0 Å². The lowest BCUT2D eigenvalue weighted by Gasteiger charge is -2.39. The SMILES string of the molecule is [C-]#[N+]c1ccc([C@@H]2SSC(C)(C)[C@@H]2OP(OCCC#N)N(C(C)C)C(C)C)cc1. The fraction of sp³-hybridized carbons (Fsp3) is 0.619. The lowest BCUT2D eigenvalue weighted by Crippen LogP contribution is -2.39. The second-order valence-electron chi connectivity index (χ2n) is 7.98. The maximum absolute atomic E-state index is 8.93. The molecule has 1 fully saturated rings. The molecule has 1 aromatic rings. The van der Waals surface area contributed by atoms with Gasteiger partial charge in [0.2, 0.25) is 0 Å². The zero-order valence-corrected chi connectivity index (χ0v) is 20.5. The Kier molecular flexibility index (Phi) is 9.29. The Bertz CT molecular complexity index is 736. The van der Waals surface area contributed by atoms with Crippen LogP contribution in [0.1, 0.15) is 58.8 Å². The number of rotatable bonds is 9. The molecular weight excluding hydrogens is 421 g/mol. The fourth-order valence-electron chi connectivity index (χ4n) is 3.18. The minimum atomic E-state index is -1.30. The molecule has 2 rings (SSSR count). The van der Waals surface area contributed by atoms with E-state index in [1.165, 1.54) is 0 Å². The zero-order chi connectivity index (χ0) is 21.6. The number of hydrogen-bond donors (Lipinski definition) is 0. The molecule has 158 valence electrons. The second kappa shape index (κ2) is 11.0. The van der Waals surface area contributed by atoms with Gasteiger partial charge in [-0.2, -0.15) is 5.26 Å². The van der Waals surface area contributed by atoms with Crippen molar-refractivity contribution >= 4 is 35.8 Å². The number of nitrogens with zero attached hydrogens (tertiary/aromatic N) is 3. The minimum absolute atomic E-state index is 0.0514. The lowest BCUT2D eigenvalue weighted by atomic mass is 9.97. The van der Waals surface area contributed by atoms with Crippen molar-refractivity contribution in [2.45, 2.75) is 76.1 Å². The van der Waals surface area contributed by atoms with Gasteiger partial charge in [-0.1, -0.05) is 45.9 Å². The maximum Gasteiger partial charge on any atom is 0.259 e. The monoisotopic (exact) mass is 451 g/mol. The van der Waals surface area contributed by atoms with Crippen molar-refractivity contribution in [3.8, 4) is 6.07 Å². The van der Waals surface area contributed by atoms with E-state index >= 15 is 0 Å². The third kappa shape index (κ3) is 6.34. The summed E-state index contributed by atoms with van der Waals surface area (Å²) >= 11 is 0. The molecule has 0 aromatic heterocycles. The molecule has 0 aliphatic carbocycles. The normalized spacial score (nSPS) is 22.0. The first-order valence-corrected chi connectivity index (χ1v) is 13.1. The number of benzene rings is 1. The van der Waals surface area contributed by atoms with Crippen molar-refractivity contribution in [2.24, 2.45) is 0 Å². The summed E-state index contributed by atoms with van der Waals surface area (Å²) in [6.07, 6.45) is 0.301. The number of hydrogen-bond acceptors (Lipinski definition) is 6. The molecule has 1 aromatic carbocycles. The first-order valence-electron chi connectivity index (χ1n) is 9.78. The summed E-state index contributed by atoms with van der Waals surface area (Å²) in [6, 6.07) is 10.5. The summed E-state index contributed by atoms with van der Waals surface area (Å²) < 4.78 is 15.1. The molecule has 0 bridgehead atoms. The molecule has 1 saturated heterocycles. The minimum Gasteiger partial charge on any atom is -0.321 e. The molecule has 29 heavy (non-hydrogen) atoms. The first kappa shape index (κ1) is 24.5. The van der Waals surface area contributed by atoms with Gasteiger partial charge in [0, 0.05) is 16.8 Å². The van der Waals surface area contributed by atoms with Crippen molar-refractivity contribution in [1.82, 2.24) is 4.67 Å². The topological polar surface area (TPSA) is 49.9 Å². The van der Waals surface area contributed by atoms with Gasteiger partial charge < -0.3 is 9.05 Å². The van der Waals surface area contributed by atoms with Gasteiger partial charge in [-0.3, -0.25) is 0 Å². The van der Waals surface area contributed by atoms with Crippen LogP contribution < -0.4 is 0 Å². The van der Waals surface area contributed by atoms with Crippen LogP contribution in [0.25, 0.3) is 4.85 Å². The Hall–Kier alpha value is -0.790. The molecule has 1 heterocycles. The van der Waals surface area contributed by atoms with E-state index in [0.29, 0.717) is 18.7 Å². The fourth-order valence-corrected chi connectivity index (χ4v) is 8.68. The standard InChI is InChI=1S/C21H30N3O2PS2/c1-15(2)24(16(3)4)27(25-14-8-13-22)26-20-19(28-29-21(20,5)6)17-9-11-18(23-7)12-10-17/h9-12,15-16,19-20H,8,14H2,1-6H3/t19-,20+,27?/m0/s1. The van der Waals surface area contributed by atoms with Crippen molar-refractivity contribution in [3.63, 3.8) is 0 Å². The van der Waals surface area contributed by atoms with Crippen LogP contribution >= 0.6 is 30.1 Å². The highest BCUT2D eigenvalue weighted by molar-refractivity contribution is 8.77. The van der Waals surface area contributed by atoms with Crippen LogP contribution in [0.5, 0.6) is 0 Å². The van der Waals surface area contributed by atoms with E-state index in [4.69, 9.17) is 20.9 Å². The van der Waals surface area contributed by atoms with Gasteiger partial charge in [0.05, 0.1) is 37.0 Å². The summed E-state index contributed by atoms with van der Waals surface area (Å²) in [7, 11) is 2.35. The molecular formula is C21H30N3O2PS2. The van der Waals surface area contributed by atoms with E-state index in [0.717, 1.165) is 5.56 Å². The Morgan fingerprint density at radius 3 is 2.38 bits per heavy atom. The number of nitriles is 1. The molecule has 0 amide bonds. The Morgan fingerprint density at radius 1 is 1.24 bits per heavy atom. The average Bonchev–Trinajstić information content (AvgIpc) is 2.96. The Balaban J connectivity index is 2.30. The van der Waals surface area contributed by atoms with E-state index in [-0.39, 0.29) is 28.2 Å². The van der Waals surface area contributed by atoms with Crippen LogP contribution in [0.4, 0.5) is 5.69 Å². The van der Waals surface area contributed by atoms with E-state index in [2.05, 4.69) is 57.1 Å². The lowest BCUT2D eigenvalue weighted by molar-refractivity contribution is 0.114. The molecule has 0 radical (unpaired) electrons. The van der Waals surface area contributed by atoms with Crippen molar-refractivity contribution in [3.05, 3.63) is 41.2 Å². The average molecular weight is 452 g/mol. The summed E-state index contributed by atoms with van der Waals surface area (Å²) in [5.74, 6) is 0. The maximum atomic E-state index is 8.93. The molecule has 0 N–H and O–H groups in total. The third-order valence-corrected chi connectivity index (χ3v) is 10.3. The quantitative estimate of drug-likeness (QED) is 0.172. The van der Waals surface area contributed by atoms with Crippen molar-refractivity contribution < 1.29 is 9.05 Å². The molecule has 5 nitrogen and oxygen atoms in total. The van der Waals surface area contributed by atoms with E-state index in [1.54, 1.807) is 0 Å². The highest BCUT2D eigenvalue weighted by Crippen LogP contribution is 2.63. The zero-order valence-electron chi connectivity index (χ0n) is 18.0. The summed E-state index contributed by atoms with van der Waals surface area (Å²) in [6.45, 7) is 20.6. The molecule has 0 saturated carbocycles. The van der Waals surface area contributed by atoms with E-state index in [9.17, 15) is 0 Å². The summed E-state index contributed by atoms with van der Waals surface area (Å²) in [4.78, 5) is 3.50. The van der Waals surface area contributed by atoms with Crippen LogP contribution in [0.15, 0.2) is 24.3 Å². The predicted molar refractivity (Wildman–Crippen MR) is 125 cm³/mol. The van der Waals surface area contributed by atoms with Crippen LogP contribution in [-0.2, 0) is 9.05 Å². The van der Waals surface area contributed by atoms with Crippen molar-refractivity contribution in [2.75, 3.05) is 6.61 Å². The second-order valence-corrected chi connectivity index (χ2v) is 12.4. The highest BCUT2D eigenvalue weighted by Gasteiger charge is 2.48. The highest BCUT2D eigenvalue weighted by atomic mass is 33.1. The van der Waals surface area contributed by atoms with Gasteiger partial charge in [0.25, 0.3) is 8.53 Å². The Labute approximate surface area is 184 Å². The van der Waals surface area contributed by atoms with E-state index < -0.39 is 8.53 Å². The first-order chi connectivity index (χ1) is 13.7. The smallest absolute Gasteiger partial charge is 0.259 e. The molecule has 3 atom stereocenters. The molecule has 1 unspecified atom stereocenters. The van der Waals surface area contributed by atoms with Crippen LogP contribution in [0.2, 0.25) is 0 Å². The largest absolute Gasteiger partial charge is 0.321 e. The van der Waals surface area contributed by atoms with Gasteiger partial charge in [0.15, 0.2) is 5.69 Å². The van der Waals surface area contributed by atoms with Crippen LogP contribution in [-0.4, -0.2) is 34.2 Å². The van der Waals surface area contributed by atoms with E-state index in [1.807, 2.05) is 45.9 Å². The van der Waals surface area contributed by atoms with Crippen LogP contribution in [0, 0.1) is 17.9 Å². The van der Waals surface area contributed by atoms with Gasteiger partial charge >= 0.3 is 0 Å². The van der Waals surface area contributed by atoms with Crippen molar-refractivity contribution in [1.29, 1.82) is 5.26 Å².